The summed E-state index contributed by atoms with van der Waals surface area (Å²) >= 11 is 3.42. The van der Waals surface area contributed by atoms with Gasteiger partial charge in [0, 0.05) is 29.3 Å². The van der Waals surface area contributed by atoms with Crippen LogP contribution < -0.4 is 10.6 Å². The Balaban J connectivity index is 1.64. The van der Waals surface area contributed by atoms with E-state index in [1.807, 2.05) is 31.2 Å². The average molecular weight is 494 g/mol. The maximum absolute atomic E-state index is 12.9. The molecule has 8 heteroatoms. The summed E-state index contributed by atoms with van der Waals surface area (Å²) in [5, 5.41) is 6.11. The number of nitrogens with one attached hydrogen (secondary N) is 2. The number of halogens is 1. The van der Waals surface area contributed by atoms with Gasteiger partial charge in [-0.25, -0.2) is 8.42 Å². The van der Waals surface area contributed by atoms with Gasteiger partial charge in [0.25, 0.3) is 0 Å². The second kappa shape index (κ2) is 10.0. The number of sulfonamides is 1. The Morgan fingerprint density at radius 3 is 2.37 bits per heavy atom. The van der Waals surface area contributed by atoms with E-state index in [0.717, 1.165) is 29.3 Å². The van der Waals surface area contributed by atoms with E-state index in [2.05, 4.69) is 26.6 Å². The van der Waals surface area contributed by atoms with E-state index >= 15 is 0 Å². The predicted molar refractivity (Wildman–Crippen MR) is 123 cm³/mol. The first-order chi connectivity index (χ1) is 14.3. The van der Waals surface area contributed by atoms with Gasteiger partial charge in [0.1, 0.15) is 0 Å². The van der Waals surface area contributed by atoms with Crippen LogP contribution >= 0.6 is 15.9 Å². The minimum atomic E-state index is -3.54. The molecule has 0 unspecified atom stereocenters. The number of nitrogens with zero attached hydrogens (tertiary/aromatic N) is 1. The highest BCUT2D eigenvalue weighted by molar-refractivity contribution is 9.10. The highest BCUT2D eigenvalue weighted by Crippen LogP contribution is 2.23. The molecule has 3 rings (SSSR count). The molecule has 0 saturated carbocycles. The van der Waals surface area contributed by atoms with E-state index < -0.39 is 16.1 Å². The first-order valence-electron chi connectivity index (χ1n) is 10.2. The number of amides is 1. The molecule has 0 radical (unpaired) electrons. The maximum Gasteiger partial charge on any atom is 0.243 e. The number of benzene rings is 2. The van der Waals surface area contributed by atoms with E-state index in [0.29, 0.717) is 18.8 Å². The lowest BCUT2D eigenvalue weighted by molar-refractivity contribution is -0.117. The van der Waals surface area contributed by atoms with Crippen molar-refractivity contribution in [2.45, 2.75) is 50.1 Å². The molecule has 0 spiro atoms. The Hall–Kier alpha value is -1.74. The summed E-state index contributed by atoms with van der Waals surface area (Å²) in [4.78, 5) is 12.9. The maximum atomic E-state index is 12.9. The minimum absolute atomic E-state index is 0.00957. The first kappa shape index (κ1) is 22.9. The third-order valence-electron chi connectivity index (χ3n) is 5.32. The van der Waals surface area contributed by atoms with Gasteiger partial charge in [0.2, 0.25) is 15.9 Å². The summed E-state index contributed by atoms with van der Waals surface area (Å²) in [7, 11) is -3.54. The van der Waals surface area contributed by atoms with Crippen molar-refractivity contribution in [3.63, 3.8) is 0 Å². The molecule has 30 heavy (non-hydrogen) atoms. The van der Waals surface area contributed by atoms with Crippen molar-refractivity contribution in [2.24, 2.45) is 0 Å². The van der Waals surface area contributed by atoms with Gasteiger partial charge in [-0.2, -0.15) is 4.31 Å². The molecule has 0 aromatic heterocycles. The summed E-state index contributed by atoms with van der Waals surface area (Å²) in [5.41, 5.74) is 1.55. The molecule has 2 aromatic carbocycles. The van der Waals surface area contributed by atoms with Gasteiger partial charge in [-0.15, -0.1) is 0 Å². The number of carbonyl (C=O) groups is 1. The van der Waals surface area contributed by atoms with E-state index in [9.17, 15) is 13.2 Å². The van der Waals surface area contributed by atoms with Crippen molar-refractivity contribution in [1.82, 2.24) is 9.62 Å². The fourth-order valence-corrected chi connectivity index (χ4v) is 5.37. The number of hydrogen-bond donors (Lipinski definition) is 2. The highest BCUT2D eigenvalue weighted by atomic mass is 79.9. The molecule has 0 bridgehead atoms. The summed E-state index contributed by atoms with van der Waals surface area (Å²) in [6.45, 7) is 4.89. The molecule has 0 aliphatic carbocycles. The zero-order chi connectivity index (χ0) is 21.7. The monoisotopic (exact) mass is 493 g/mol. The number of piperidine rings is 1. The minimum Gasteiger partial charge on any atom is -0.325 e. The van der Waals surface area contributed by atoms with Crippen LogP contribution in [0.2, 0.25) is 0 Å². The van der Waals surface area contributed by atoms with Gasteiger partial charge in [-0.05, 0) is 62.6 Å². The van der Waals surface area contributed by atoms with Crippen LogP contribution in [0.3, 0.4) is 0 Å². The molecule has 1 heterocycles. The van der Waals surface area contributed by atoms with Crippen LogP contribution in [0.4, 0.5) is 5.69 Å². The predicted octanol–water partition coefficient (Wildman–Crippen LogP) is 4.30. The zero-order valence-electron chi connectivity index (χ0n) is 17.3. The molecular formula is C22H28BrN3O3S. The molecule has 1 aliphatic heterocycles. The first-order valence-corrected chi connectivity index (χ1v) is 12.4. The van der Waals surface area contributed by atoms with Crippen molar-refractivity contribution in [3.05, 3.63) is 58.6 Å². The summed E-state index contributed by atoms with van der Waals surface area (Å²) in [6.07, 6.45) is 2.83. The summed E-state index contributed by atoms with van der Waals surface area (Å²) in [6, 6.07) is 14.0. The van der Waals surface area contributed by atoms with Crippen LogP contribution in [0.1, 0.15) is 44.7 Å². The molecule has 1 amide bonds. The SMILES string of the molecule is C[C@H](N[C@@H](C)c1ccc(Br)cc1)C(=O)Nc1cccc(S(=O)(=O)N2CCCCC2)c1. The van der Waals surface area contributed by atoms with Crippen LogP contribution in [0.5, 0.6) is 0 Å². The second-order valence-electron chi connectivity index (χ2n) is 7.64. The van der Waals surface area contributed by atoms with Crippen LogP contribution in [-0.2, 0) is 14.8 Å². The van der Waals surface area contributed by atoms with Crippen molar-refractivity contribution in [3.8, 4) is 0 Å². The average Bonchev–Trinajstić information content (AvgIpc) is 2.75. The van der Waals surface area contributed by atoms with Gasteiger partial charge < -0.3 is 5.32 Å². The molecule has 162 valence electrons. The smallest absolute Gasteiger partial charge is 0.243 e. The molecule has 2 atom stereocenters. The van der Waals surface area contributed by atoms with E-state index in [-0.39, 0.29) is 16.8 Å². The second-order valence-corrected chi connectivity index (χ2v) is 10.5. The number of anilines is 1. The van der Waals surface area contributed by atoms with Crippen LogP contribution in [-0.4, -0.2) is 37.8 Å². The van der Waals surface area contributed by atoms with Gasteiger partial charge in [0.05, 0.1) is 10.9 Å². The Kier molecular flexibility index (Phi) is 7.68. The molecule has 1 fully saturated rings. The van der Waals surface area contributed by atoms with Gasteiger partial charge in [0.15, 0.2) is 0 Å². The van der Waals surface area contributed by atoms with E-state index in [1.54, 1.807) is 25.1 Å². The third-order valence-corrected chi connectivity index (χ3v) is 7.74. The Labute approximate surface area is 187 Å². The summed E-state index contributed by atoms with van der Waals surface area (Å²) < 4.78 is 28.3. The number of rotatable bonds is 7. The van der Waals surface area contributed by atoms with E-state index in [1.165, 1.54) is 10.4 Å². The van der Waals surface area contributed by atoms with Crippen molar-refractivity contribution < 1.29 is 13.2 Å². The summed E-state index contributed by atoms with van der Waals surface area (Å²) in [5.74, 6) is -0.216. The topological polar surface area (TPSA) is 78.5 Å². The van der Waals surface area contributed by atoms with Crippen LogP contribution in [0, 0.1) is 0 Å². The van der Waals surface area contributed by atoms with Gasteiger partial charge in [-0.1, -0.05) is 40.5 Å². The Morgan fingerprint density at radius 1 is 1.03 bits per heavy atom. The Bertz CT molecular complexity index is 973. The fourth-order valence-electron chi connectivity index (χ4n) is 3.54. The van der Waals surface area contributed by atoms with Crippen molar-refractivity contribution in [1.29, 1.82) is 0 Å². The molecule has 6 nitrogen and oxygen atoms in total. The zero-order valence-corrected chi connectivity index (χ0v) is 19.7. The lowest BCUT2D eigenvalue weighted by atomic mass is 10.1. The number of carbonyl (C=O) groups excluding carboxylic acids is 1. The van der Waals surface area contributed by atoms with Gasteiger partial charge in [-0.3, -0.25) is 10.1 Å². The molecule has 2 aromatic rings. The van der Waals surface area contributed by atoms with E-state index in [4.69, 9.17) is 0 Å². The highest BCUT2D eigenvalue weighted by Gasteiger charge is 2.26. The Morgan fingerprint density at radius 2 is 1.70 bits per heavy atom. The molecule has 1 aliphatic rings. The molecule has 1 saturated heterocycles. The van der Waals surface area contributed by atoms with Crippen molar-refractivity contribution in [2.75, 3.05) is 18.4 Å². The number of hydrogen-bond acceptors (Lipinski definition) is 4. The van der Waals surface area contributed by atoms with Gasteiger partial charge >= 0.3 is 0 Å². The third kappa shape index (κ3) is 5.69. The largest absolute Gasteiger partial charge is 0.325 e. The standard InChI is InChI=1S/C22H28BrN3O3S/c1-16(18-9-11-19(23)12-10-18)24-17(2)22(27)25-20-7-6-8-21(15-20)30(28,29)26-13-4-3-5-14-26/h6-12,15-17,24H,3-5,13-14H2,1-2H3,(H,25,27)/t16-,17-/m0/s1. The van der Waals surface area contributed by atoms with Crippen LogP contribution in [0.15, 0.2) is 57.9 Å². The quantitative estimate of drug-likeness (QED) is 0.602. The van der Waals surface area contributed by atoms with Crippen LogP contribution in [0.25, 0.3) is 0 Å². The van der Waals surface area contributed by atoms with Crippen molar-refractivity contribution >= 4 is 37.5 Å². The lowest BCUT2D eigenvalue weighted by Crippen LogP contribution is -2.39. The fraction of sp³-hybridized carbons (Fsp3) is 0.409. The lowest BCUT2D eigenvalue weighted by Gasteiger charge is -2.26. The molecular weight excluding hydrogens is 466 g/mol. The normalized spacial score (nSPS) is 17.3. The molecule has 2 N–H and O–H groups in total.